The van der Waals surface area contributed by atoms with E-state index in [1.165, 1.54) is 35.2 Å². The molecule has 0 unspecified atom stereocenters. The number of nitro benzene ring substituents is 1. The van der Waals surface area contributed by atoms with Crippen molar-refractivity contribution >= 4 is 34.8 Å². The van der Waals surface area contributed by atoms with E-state index in [1.807, 2.05) is 0 Å². The van der Waals surface area contributed by atoms with Gasteiger partial charge in [0.2, 0.25) is 0 Å². The Labute approximate surface area is 160 Å². The second kappa shape index (κ2) is 8.50. The molecule has 0 aromatic heterocycles. The highest BCUT2D eigenvalue weighted by molar-refractivity contribution is 6.34. The van der Waals surface area contributed by atoms with Crippen LogP contribution in [0.15, 0.2) is 36.4 Å². The van der Waals surface area contributed by atoms with E-state index in [0.29, 0.717) is 11.3 Å². The topological polar surface area (TPSA) is 102 Å². The molecular weight excluding hydrogens is 374 g/mol. The molecule has 2 aromatic rings. The molecule has 1 N–H and O–H groups in total. The number of anilines is 1. The molecule has 2 amide bonds. The highest BCUT2D eigenvalue weighted by Crippen LogP contribution is 2.29. The Morgan fingerprint density at radius 2 is 1.93 bits per heavy atom. The van der Waals surface area contributed by atoms with Crippen LogP contribution < -0.4 is 10.1 Å². The fourth-order valence-corrected chi connectivity index (χ4v) is 2.55. The van der Waals surface area contributed by atoms with Gasteiger partial charge in [-0.3, -0.25) is 19.7 Å². The van der Waals surface area contributed by atoms with Crippen LogP contribution in [0.25, 0.3) is 0 Å². The fraction of sp³-hybridized carbons (Fsp3) is 0.222. The molecule has 0 heterocycles. The van der Waals surface area contributed by atoms with Crippen LogP contribution in [-0.4, -0.2) is 42.3 Å². The van der Waals surface area contributed by atoms with E-state index in [1.54, 1.807) is 21.0 Å². The van der Waals surface area contributed by atoms with E-state index >= 15 is 0 Å². The molecular formula is C18H18ClN3O5. The van der Waals surface area contributed by atoms with Crippen LogP contribution in [0.3, 0.4) is 0 Å². The van der Waals surface area contributed by atoms with Gasteiger partial charge in [0.1, 0.15) is 0 Å². The summed E-state index contributed by atoms with van der Waals surface area (Å²) in [7, 11) is 3.21. The number of nitro groups is 1. The van der Waals surface area contributed by atoms with Gasteiger partial charge < -0.3 is 15.0 Å². The standard InChI is InChI=1S/C18H18ClN3O5/c1-4-27-16-8-5-11(9-15(16)22(25)26)17(23)20-12-6-7-13(14(19)10-12)18(24)21(2)3/h5-10H,4H2,1-3H3,(H,20,23). The molecule has 0 fully saturated rings. The average Bonchev–Trinajstić information content (AvgIpc) is 2.61. The zero-order valence-electron chi connectivity index (χ0n) is 15.0. The summed E-state index contributed by atoms with van der Waals surface area (Å²) in [5, 5.41) is 14.0. The van der Waals surface area contributed by atoms with Crippen LogP contribution in [0.2, 0.25) is 5.02 Å². The number of halogens is 1. The van der Waals surface area contributed by atoms with Crippen LogP contribution in [0.5, 0.6) is 5.75 Å². The highest BCUT2D eigenvalue weighted by atomic mass is 35.5. The second-order valence-corrected chi connectivity index (χ2v) is 6.13. The first-order valence-electron chi connectivity index (χ1n) is 7.98. The first-order chi connectivity index (χ1) is 12.7. The van der Waals surface area contributed by atoms with Crippen molar-refractivity contribution in [2.75, 3.05) is 26.0 Å². The van der Waals surface area contributed by atoms with Crippen molar-refractivity contribution in [2.24, 2.45) is 0 Å². The summed E-state index contributed by atoms with van der Waals surface area (Å²) < 4.78 is 5.20. The number of nitrogens with zero attached hydrogens (tertiary/aromatic N) is 2. The van der Waals surface area contributed by atoms with Crippen LogP contribution in [0.1, 0.15) is 27.6 Å². The maximum absolute atomic E-state index is 12.4. The molecule has 0 aliphatic carbocycles. The summed E-state index contributed by atoms with van der Waals surface area (Å²) in [6.45, 7) is 1.97. The second-order valence-electron chi connectivity index (χ2n) is 5.72. The normalized spacial score (nSPS) is 10.2. The van der Waals surface area contributed by atoms with Crippen LogP contribution in [0, 0.1) is 10.1 Å². The number of rotatable bonds is 6. The molecule has 0 radical (unpaired) electrons. The molecule has 27 heavy (non-hydrogen) atoms. The Bertz CT molecular complexity index is 899. The minimum absolute atomic E-state index is 0.0913. The predicted molar refractivity (Wildman–Crippen MR) is 102 cm³/mol. The molecule has 142 valence electrons. The fourth-order valence-electron chi connectivity index (χ4n) is 2.29. The summed E-state index contributed by atoms with van der Waals surface area (Å²) in [6.07, 6.45) is 0. The van der Waals surface area contributed by atoms with Crippen molar-refractivity contribution in [3.05, 3.63) is 62.7 Å². The Balaban J connectivity index is 2.25. The van der Waals surface area contributed by atoms with Gasteiger partial charge in [-0.2, -0.15) is 0 Å². The molecule has 0 spiro atoms. The van der Waals surface area contributed by atoms with E-state index in [4.69, 9.17) is 16.3 Å². The van der Waals surface area contributed by atoms with Gasteiger partial charge in [-0.05, 0) is 37.3 Å². The first kappa shape index (κ1) is 20.2. The SMILES string of the molecule is CCOc1ccc(C(=O)Nc2ccc(C(=O)N(C)C)c(Cl)c2)cc1[N+](=O)[O-]. The lowest BCUT2D eigenvalue weighted by atomic mass is 10.1. The molecule has 0 atom stereocenters. The Kier molecular flexibility index (Phi) is 6.36. The van der Waals surface area contributed by atoms with Gasteiger partial charge in [-0.1, -0.05) is 11.6 Å². The van der Waals surface area contributed by atoms with Crippen molar-refractivity contribution in [2.45, 2.75) is 6.92 Å². The van der Waals surface area contributed by atoms with E-state index in [2.05, 4.69) is 5.32 Å². The molecule has 8 nitrogen and oxygen atoms in total. The summed E-state index contributed by atoms with van der Waals surface area (Å²) in [4.78, 5) is 36.3. The van der Waals surface area contributed by atoms with Crippen molar-refractivity contribution in [1.82, 2.24) is 4.90 Å². The lowest BCUT2D eigenvalue weighted by molar-refractivity contribution is -0.385. The summed E-state index contributed by atoms with van der Waals surface area (Å²) in [5.41, 5.74) is 0.456. The molecule has 0 aliphatic rings. The van der Waals surface area contributed by atoms with Crippen LogP contribution >= 0.6 is 11.6 Å². The predicted octanol–water partition coefficient (Wildman–Crippen LogP) is 3.60. The van der Waals surface area contributed by atoms with E-state index < -0.39 is 10.8 Å². The lowest BCUT2D eigenvalue weighted by Gasteiger charge is -2.13. The summed E-state index contributed by atoms with van der Waals surface area (Å²) in [6, 6.07) is 8.43. The molecule has 0 bridgehead atoms. The first-order valence-corrected chi connectivity index (χ1v) is 8.36. The van der Waals surface area contributed by atoms with Gasteiger partial charge in [-0.25, -0.2) is 0 Å². The van der Waals surface area contributed by atoms with Gasteiger partial charge in [0, 0.05) is 31.4 Å². The third-order valence-corrected chi connectivity index (χ3v) is 3.89. The van der Waals surface area contributed by atoms with Crippen molar-refractivity contribution in [3.63, 3.8) is 0 Å². The van der Waals surface area contributed by atoms with Crippen molar-refractivity contribution in [3.8, 4) is 5.75 Å². The molecule has 0 saturated heterocycles. The molecule has 0 aliphatic heterocycles. The van der Waals surface area contributed by atoms with Gasteiger partial charge in [0.15, 0.2) is 5.75 Å². The smallest absolute Gasteiger partial charge is 0.311 e. The molecule has 9 heteroatoms. The number of amides is 2. The molecule has 2 aromatic carbocycles. The van der Waals surface area contributed by atoms with Crippen LogP contribution in [-0.2, 0) is 0 Å². The third-order valence-electron chi connectivity index (χ3n) is 3.58. The number of hydrogen-bond acceptors (Lipinski definition) is 5. The number of hydrogen-bond donors (Lipinski definition) is 1. The number of carbonyl (C=O) groups excluding carboxylic acids is 2. The lowest BCUT2D eigenvalue weighted by Crippen LogP contribution is -2.22. The van der Waals surface area contributed by atoms with E-state index in [-0.39, 0.29) is 34.5 Å². The Hall–Kier alpha value is -3.13. The Morgan fingerprint density at radius 3 is 2.48 bits per heavy atom. The Morgan fingerprint density at radius 1 is 1.22 bits per heavy atom. The van der Waals surface area contributed by atoms with Crippen LogP contribution in [0.4, 0.5) is 11.4 Å². The molecule has 2 rings (SSSR count). The number of nitrogens with one attached hydrogen (secondary N) is 1. The van der Waals surface area contributed by atoms with Gasteiger partial charge >= 0.3 is 5.69 Å². The van der Waals surface area contributed by atoms with Gasteiger partial charge in [0.05, 0.1) is 22.1 Å². The maximum Gasteiger partial charge on any atom is 0.311 e. The van der Waals surface area contributed by atoms with Gasteiger partial charge in [-0.15, -0.1) is 0 Å². The largest absolute Gasteiger partial charge is 0.487 e. The zero-order valence-corrected chi connectivity index (χ0v) is 15.7. The van der Waals surface area contributed by atoms with Gasteiger partial charge in [0.25, 0.3) is 11.8 Å². The maximum atomic E-state index is 12.4. The summed E-state index contributed by atoms with van der Waals surface area (Å²) in [5.74, 6) is -0.724. The minimum Gasteiger partial charge on any atom is -0.487 e. The number of ether oxygens (including phenoxy) is 1. The monoisotopic (exact) mass is 391 g/mol. The van der Waals surface area contributed by atoms with Crippen molar-refractivity contribution < 1.29 is 19.2 Å². The quantitative estimate of drug-likeness (QED) is 0.598. The average molecular weight is 392 g/mol. The minimum atomic E-state index is -0.611. The highest BCUT2D eigenvalue weighted by Gasteiger charge is 2.19. The van der Waals surface area contributed by atoms with Crippen molar-refractivity contribution in [1.29, 1.82) is 0 Å². The van der Waals surface area contributed by atoms with E-state index in [0.717, 1.165) is 6.07 Å². The van der Waals surface area contributed by atoms with E-state index in [9.17, 15) is 19.7 Å². The number of benzene rings is 2. The summed E-state index contributed by atoms with van der Waals surface area (Å²) >= 11 is 6.12. The zero-order chi connectivity index (χ0) is 20.1. The number of carbonyl (C=O) groups is 2. The third kappa shape index (κ3) is 4.73. The molecule has 0 saturated carbocycles.